The molecule has 0 amide bonds. The fourth-order valence-electron chi connectivity index (χ4n) is 3.95. The molecule has 0 saturated carbocycles. The van der Waals surface area contributed by atoms with Crippen LogP contribution in [0.2, 0.25) is 0 Å². The molecule has 1 heterocycles. The first kappa shape index (κ1) is 22.9. The molecule has 0 saturated heterocycles. The van der Waals surface area contributed by atoms with Crippen LogP contribution in [0.3, 0.4) is 0 Å². The molecule has 6 nitrogen and oxygen atoms in total. The van der Waals surface area contributed by atoms with Gasteiger partial charge in [0.2, 0.25) is 0 Å². The third-order valence-corrected chi connectivity index (χ3v) is 5.84. The first-order chi connectivity index (χ1) is 17.5. The molecule has 1 aliphatic rings. The molecule has 0 aliphatic carbocycles. The second kappa shape index (κ2) is 9.80. The van der Waals surface area contributed by atoms with Crippen molar-refractivity contribution < 1.29 is 9.90 Å². The summed E-state index contributed by atoms with van der Waals surface area (Å²) in [4.78, 5) is 26.3. The van der Waals surface area contributed by atoms with E-state index in [2.05, 4.69) is 5.32 Å². The lowest BCUT2D eigenvalue weighted by molar-refractivity contribution is 0.0697. The molecule has 6 heteroatoms. The number of rotatable bonds is 5. The molecule has 4 aromatic rings. The molecule has 0 fully saturated rings. The quantitative estimate of drug-likeness (QED) is 0.340. The van der Waals surface area contributed by atoms with E-state index in [-0.39, 0.29) is 5.56 Å². The number of hydrogen-bond acceptors (Lipinski definition) is 4. The molecule has 0 unspecified atom stereocenters. The summed E-state index contributed by atoms with van der Waals surface area (Å²) in [5.74, 6) is 0.457. The number of aromatic carboxylic acids is 1. The highest BCUT2D eigenvalue weighted by molar-refractivity contribution is 6.52. The van der Waals surface area contributed by atoms with Gasteiger partial charge in [-0.2, -0.15) is 0 Å². The highest BCUT2D eigenvalue weighted by Gasteiger charge is 2.23. The van der Waals surface area contributed by atoms with Gasteiger partial charge in [-0.05, 0) is 55.3 Å². The Morgan fingerprint density at radius 1 is 0.722 bits per heavy atom. The predicted octanol–water partition coefficient (Wildman–Crippen LogP) is 6.67. The summed E-state index contributed by atoms with van der Waals surface area (Å²) in [7, 11) is 0. The van der Waals surface area contributed by atoms with Gasteiger partial charge in [0.15, 0.2) is 17.5 Å². The third-order valence-electron chi connectivity index (χ3n) is 5.84. The predicted molar refractivity (Wildman–Crippen MR) is 146 cm³/mol. The zero-order valence-corrected chi connectivity index (χ0v) is 19.9. The van der Waals surface area contributed by atoms with Crippen molar-refractivity contribution in [2.24, 2.45) is 15.0 Å². The second-order valence-corrected chi connectivity index (χ2v) is 8.55. The molecule has 0 radical (unpaired) electrons. The third kappa shape index (κ3) is 4.83. The molecule has 1 aliphatic heterocycles. The SMILES string of the molecule is Cc1ccc(N=C2N=C(c3ccccc3-c3ccccc3C(=O)O)N=C2Nc2ccc(C)cc2)cc1. The van der Waals surface area contributed by atoms with Gasteiger partial charge in [-0.25, -0.2) is 19.8 Å². The molecular formula is C30H24N4O2. The van der Waals surface area contributed by atoms with Gasteiger partial charge in [-0.1, -0.05) is 77.9 Å². The minimum absolute atomic E-state index is 0.221. The summed E-state index contributed by atoms with van der Waals surface area (Å²) >= 11 is 0. The van der Waals surface area contributed by atoms with Gasteiger partial charge in [0.05, 0.1) is 11.3 Å². The number of benzene rings is 4. The van der Waals surface area contributed by atoms with Crippen LogP contribution in [-0.2, 0) is 0 Å². The van der Waals surface area contributed by atoms with Crippen LogP contribution in [0.4, 0.5) is 11.4 Å². The summed E-state index contributed by atoms with van der Waals surface area (Å²) in [5, 5.41) is 13.1. The Balaban J connectivity index is 1.61. The highest BCUT2D eigenvalue weighted by atomic mass is 16.4. The maximum atomic E-state index is 11.9. The van der Waals surface area contributed by atoms with Crippen LogP contribution >= 0.6 is 0 Å². The summed E-state index contributed by atoms with van der Waals surface area (Å²) in [6.07, 6.45) is 0. The standard InChI is InChI=1S/C30H24N4O2/c1-19-11-15-21(16-12-19)31-28-29(32-22-17-13-20(2)14-18-22)34-27(33-28)25-9-5-3-7-23(25)24-8-4-6-10-26(24)30(35)36/h3-18H,1-2H3,(H,35,36)(H,31,32,33,34). The Bertz CT molecular complexity index is 1530. The smallest absolute Gasteiger partial charge is 0.336 e. The maximum absolute atomic E-state index is 11.9. The maximum Gasteiger partial charge on any atom is 0.336 e. The van der Waals surface area contributed by atoms with E-state index < -0.39 is 5.97 Å². The fraction of sp³-hybridized carbons (Fsp3) is 0.0667. The number of hydrogen-bond donors (Lipinski definition) is 2. The average molecular weight is 473 g/mol. The summed E-state index contributed by atoms with van der Waals surface area (Å²) in [5.41, 5.74) is 6.24. The van der Waals surface area contributed by atoms with Crippen molar-refractivity contribution in [2.45, 2.75) is 13.8 Å². The lowest BCUT2D eigenvalue weighted by Gasteiger charge is -2.10. The first-order valence-corrected chi connectivity index (χ1v) is 11.6. The van der Waals surface area contributed by atoms with Crippen LogP contribution in [0.5, 0.6) is 0 Å². The molecule has 176 valence electrons. The van der Waals surface area contributed by atoms with Gasteiger partial charge in [0.1, 0.15) is 0 Å². The number of carbonyl (C=O) groups is 1. The van der Waals surface area contributed by atoms with Gasteiger partial charge in [-0.3, -0.25) is 0 Å². The Hall–Kier alpha value is -4.84. The van der Waals surface area contributed by atoms with Crippen LogP contribution in [0.1, 0.15) is 27.0 Å². The van der Waals surface area contributed by atoms with Gasteiger partial charge in [0.25, 0.3) is 0 Å². The number of nitrogens with one attached hydrogen (secondary N) is 1. The van der Waals surface area contributed by atoms with Crippen molar-refractivity contribution in [2.75, 3.05) is 5.32 Å². The van der Waals surface area contributed by atoms with Crippen LogP contribution in [0.15, 0.2) is 112 Å². The first-order valence-electron chi connectivity index (χ1n) is 11.6. The van der Waals surface area contributed by atoms with Crippen LogP contribution in [0.25, 0.3) is 11.1 Å². The molecule has 4 aromatic carbocycles. The van der Waals surface area contributed by atoms with Crippen molar-refractivity contribution in [3.05, 3.63) is 119 Å². The van der Waals surface area contributed by atoms with Crippen LogP contribution < -0.4 is 5.32 Å². The van der Waals surface area contributed by atoms with Gasteiger partial charge in [-0.15, -0.1) is 0 Å². The topological polar surface area (TPSA) is 86.4 Å². The van der Waals surface area contributed by atoms with Crippen molar-refractivity contribution >= 4 is 34.9 Å². The Morgan fingerprint density at radius 3 is 1.97 bits per heavy atom. The molecule has 0 spiro atoms. The number of amidine groups is 3. The van der Waals surface area contributed by atoms with E-state index in [1.165, 1.54) is 0 Å². The number of carboxylic acid groups (broad SMARTS) is 1. The van der Waals surface area contributed by atoms with Crippen molar-refractivity contribution in [3.63, 3.8) is 0 Å². The van der Waals surface area contributed by atoms with E-state index >= 15 is 0 Å². The normalized spacial score (nSPS) is 13.9. The minimum atomic E-state index is -0.986. The Kier molecular flexibility index (Phi) is 6.24. The molecule has 36 heavy (non-hydrogen) atoms. The number of aryl methyl sites for hydroxylation is 2. The van der Waals surface area contributed by atoms with E-state index in [4.69, 9.17) is 15.0 Å². The monoisotopic (exact) mass is 472 g/mol. The minimum Gasteiger partial charge on any atom is -0.478 e. The van der Waals surface area contributed by atoms with Crippen molar-refractivity contribution in [1.29, 1.82) is 0 Å². The van der Waals surface area contributed by atoms with E-state index in [9.17, 15) is 9.90 Å². The van der Waals surface area contributed by atoms with E-state index in [0.29, 0.717) is 23.1 Å². The zero-order chi connectivity index (χ0) is 25.1. The molecular weight excluding hydrogens is 448 g/mol. The number of carboxylic acids is 1. The Labute approximate surface area is 209 Å². The molecule has 0 aromatic heterocycles. The molecule has 2 N–H and O–H groups in total. The summed E-state index contributed by atoms with van der Waals surface area (Å²) < 4.78 is 0. The molecule has 0 bridgehead atoms. The molecule has 5 rings (SSSR count). The van der Waals surface area contributed by atoms with Crippen molar-refractivity contribution in [3.8, 4) is 11.1 Å². The van der Waals surface area contributed by atoms with E-state index in [0.717, 1.165) is 33.6 Å². The average Bonchev–Trinajstić information content (AvgIpc) is 3.28. The van der Waals surface area contributed by atoms with Crippen molar-refractivity contribution in [1.82, 2.24) is 0 Å². The number of aliphatic imine (C=N–C) groups is 3. The zero-order valence-electron chi connectivity index (χ0n) is 19.9. The van der Waals surface area contributed by atoms with Gasteiger partial charge in [0, 0.05) is 11.3 Å². The highest BCUT2D eigenvalue weighted by Crippen LogP contribution is 2.29. The lowest BCUT2D eigenvalue weighted by atomic mass is 9.95. The summed E-state index contributed by atoms with van der Waals surface area (Å²) in [6.45, 7) is 4.06. The van der Waals surface area contributed by atoms with E-state index in [1.807, 2.05) is 92.7 Å². The van der Waals surface area contributed by atoms with E-state index in [1.54, 1.807) is 18.2 Å². The Morgan fingerprint density at radius 2 is 1.31 bits per heavy atom. The number of nitrogens with zero attached hydrogens (tertiary/aromatic N) is 3. The fourth-order valence-corrected chi connectivity index (χ4v) is 3.95. The largest absolute Gasteiger partial charge is 0.478 e. The summed E-state index contributed by atoms with van der Waals surface area (Å²) in [6, 6.07) is 30.4. The van der Waals surface area contributed by atoms with Gasteiger partial charge < -0.3 is 10.4 Å². The van der Waals surface area contributed by atoms with Crippen LogP contribution in [0, 0.1) is 13.8 Å². The van der Waals surface area contributed by atoms with Gasteiger partial charge >= 0.3 is 5.97 Å². The second-order valence-electron chi connectivity index (χ2n) is 8.55. The molecule has 0 atom stereocenters. The lowest BCUT2D eigenvalue weighted by Crippen LogP contribution is -2.18. The van der Waals surface area contributed by atoms with Crippen LogP contribution in [-0.4, -0.2) is 28.6 Å². The number of anilines is 1.